The van der Waals surface area contributed by atoms with Gasteiger partial charge in [-0.3, -0.25) is 0 Å². The van der Waals surface area contributed by atoms with Crippen LogP contribution in [-0.2, 0) is 0 Å². The van der Waals surface area contributed by atoms with Crippen molar-refractivity contribution in [2.24, 2.45) is 5.10 Å². The Morgan fingerprint density at radius 2 is 1.97 bits per heavy atom. The highest BCUT2D eigenvalue weighted by atomic mass is 15.5. The van der Waals surface area contributed by atoms with Crippen molar-refractivity contribution < 1.29 is 0 Å². The van der Waals surface area contributed by atoms with Crippen molar-refractivity contribution in [3.63, 3.8) is 0 Å². The summed E-state index contributed by atoms with van der Waals surface area (Å²) in [4.78, 5) is 21.4. The highest BCUT2D eigenvalue weighted by Crippen LogP contribution is 2.29. The van der Waals surface area contributed by atoms with Gasteiger partial charge in [0.15, 0.2) is 11.5 Å². The molecule has 11 heteroatoms. The summed E-state index contributed by atoms with van der Waals surface area (Å²) in [6.07, 6.45) is 2.42. The number of hydrazone groups is 1. The molecule has 0 spiro atoms. The topological polar surface area (TPSA) is 138 Å². The summed E-state index contributed by atoms with van der Waals surface area (Å²) in [5.74, 6) is 3.05. The molecule has 0 atom stereocenters. The molecule has 5 aromatic rings. The number of aryl methyl sites for hydroxylation is 1. The van der Waals surface area contributed by atoms with Crippen LogP contribution in [-0.4, -0.2) is 46.9 Å². The minimum Gasteiger partial charge on any atom is -0.384 e. The van der Waals surface area contributed by atoms with Crippen LogP contribution in [0.15, 0.2) is 53.8 Å². The largest absolute Gasteiger partial charge is 0.384 e. The molecular weight excluding hydrogens is 406 g/mol. The van der Waals surface area contributed by atoms with E-state index in [0.29, 0.717) is 53.4 Å². The molecule has 32 heavy (non-hydrogen) atoms. The molecule has 1 aromatic carbocycles. The molecule has 0 saturated heterocycles. The molecule has 158 valence electrons. The first-order valence-electron chi connectivity index (χ1n) is 10.2. The van der Waals surface area contributed by atoms with Gasteiger partial charge in [-0.05, 0) is 31.2 Å². The first-order valence-corrected chi connectivity index (χ1v) is 10.2. The van der Waals surface area contributed by atoms with E-state index in [9.17, 15) is 0 Å². The number of aromatic amines is 1. The maximum absolute atomic E-state index is 5.98. The second-order valence-corrected chi connectivity index (χ2v) is 7.45. The number of hydrogen-bond acceptors (Lipinski definition) is 9. The van der Waals surface area contributed by atoms with Gasteiger partial charge in [-0.1, -0.05) is 12.1 Å². The van der Waals surface area contributed by atoms with E-state index in [2.05, 4.69) is 30.4 Å². The average Bonchev–Trinajstić information content (AvgIpc) is 3.49. The Labute approximate surface area is 182 Å². The predicted molar refractivity (Wildman–Crippen MR) is 122 cm³/mol. The summed E-state index contributed by atoms with van der Waals surface area (Å²) in [6.45, 7) is 2.50. The molecule has 5 heterocycles. The van der Waals surface area contributed by atoms with Crippen LogP contribution in [0.3, 0.4) is 0 Å². The third-order valence-electron chi connectivity index (χ3n) is 5.18. The first kappa shape index (κ1) is 18.2. The van der Waals surface area contributed by atoms with Crippen LogP contribution < -0.4 is 16.1 Å². The zero-order valence-electron chi connectivity index (χ0n) is 17.2. The molecule has 0 amide bonds. The maximum atomic E-state index is 5.98. The Hall–Kier alpha value is -4.54. The van der Waals surface area contributed by atoms with Crippen molar-refractivity contribution in [2.45, 2.75) is 13.3 Å². The number of nitrogen functional groups attached to an aromatic ring is 1. The number of rotatable bonds is 3. The van der Waals surface area contributed by atoms with E-state index < -0.39 is 0 Å². The number of H-pyrrole nitrogens is 1. The normalized spacial score (nSPS) is 13.8. The SMILES string of the molecule is Cc1nc(N)cc(-c2c(NC3=NN(c4nc5ccccc5[nH]4)CC3)nc3cccnn23)n1. The molecule has 0 bridgehead atoms. The van der Waals surface area contributed by atoms with Gasteiger partial charge in [0.2, 0.25) is 5.95 Å². The average molecular weight is 425 g/mol. The van der Waals surface area contributed by atoms with E-state index >= 15 is 0 Å². The van der Waals surface area contributed by atoms with E-state index in [0.717, 1.165) is 16.9 Å². The van der Waals surface area contributed by atoms with Gasteiger partial charge in [0.1, 0.15) is 23.2 Å². The summed E-state index contributed by atoms with van der Waals surface area (Å²) < 4.78 is 1.73. The van der Waals surface area contributed by atoms with E-state index in [1.54, 1.807) is 23.7 Å². The maximum Gasteiger partial charge on any atom is 0.224 e. The van der Waals surface area contributed by atoms with Gasteiger partial charge in [-0.15, -0.1) is 0 Å². The summed E-state index contributed by atoms with van der Waals surface area (Å²) in [7, 11) is 0. The lowest BCUT2D eigenvalue weighted by Gasteiger charge is -2.08. The Balaban J connectivity index is 1.38. The van der Waals surface area contributed by atoms with Crippen LogP contribution in [0.2, 0.25) is 0 Å². The van der Waals surface area contributed by atoms with Crippen LogP contribution in [0, 0.1) is 6.92 Å². The number of hydrogen-bond donors (Lipinski definition) is 3. The van der Waals surface area contributed by atoms with Gasteiger partial charge in [0, 0.05) is 18.7 Å². The van der Waals surface area contributed by atoms with E-state index in [-0.39, 0.29) is 0 Å². The van der Waals surface area contributed by atoms with Gasteiger partial charge in [-0.2, -0.15) is 10.2 Å². The minimum absolute atomic E-state index is 0.388. The minimum atomic E-state index is 0.388. The van der Waals surface area contributed by atoms with Crippen LogP contribution >= 0.6 is 0 Å². The van der Waals surface area contributed by atoms with Crippen LogP contribution in [0.25, 0.3) is 28.1 Å². The van der Waals surface area contributed by atoms with E-state index in [1.807, 2.05) is 41.4 Å². The molecular formula is C21H19N11. The number of nitrogens with two attached hydrogens (primary N) is 1. The van der Waals surface area contributed by atoms with Crippen molar-refractivity contribution in [3.05, 3.63) is 54.5 Å². The molecule has 0 saturated carbocycles. The third kappa shape index (κ3) is 3.07. The first-order chi connectivity index (χ1) is 15.6. The second-order valence-electron chi connectivity index (χ2n) is 7.45. The van der Waals surface area contributed by atoms with Crippen LogP contribution in [0.4, 0.5) is 17.6 Å². The number of benzene rings is 1. The van der Waals surface area contributed by atoms with Gasteiger partial charge >= 0.3 is 0 Å². The van der Waals surface area contributed by atoms with Gasteiger partial charge < -0.3 is 16.0 Å². The molecule has 4 N–H and O–H groups in total. The molecule has 1 aliphatic heterocycles. The van der Waals surface area contributed by atoms with Gasteiger partial charge in [0.05, 0.1) is 23.3 Å². The summed E-state index contributed by atoms with van der Waals surface area (Å²) in [6, 6.07) is 13.4. The van der Waals surface area contributed by atoms with E-state index in [4.69, 9.17) is 15.8 Å². The number of para-hydroxylation sites is 2. The Morgan fingerprint density at radius 1 is 1.06 bits per heavy atom. The molecule has 0 radical (unpaired) electrons. The van der Waals surface area contributed by atoms with Crippen molar-refractivity contribution in [3.8, 4) is 11.4 Å². The summed E-state index contributed by atoms with van der Waals surface area (Å²) in [5.41, 5.74) is 9.88. The fraction of sp³-hybridized carbons (Fsp3) is 0.143. The molecule has 0 fully saturated rings. The van der Waals surface area contributed by atoms with Crippen molar-refractivity contribution in [1.82, 2.24) is 34.5 Å². The highest BCUT2D eigenvalue weighted by molar-refractivity contribution is 5.99. The predicted octanol–water partition coefficient (Wildman–Crippen LogP) is 2.59. The van der Waals surface area contributed by atoms with Gasteiger partial charge in [0.25, 0.3) is 0 Å². The number of anilines is 3. The summed E-state index contributed by atoms with van der Waals surface area (Å²) in [5, 5.41) is 14.4. The molecule has 0 aliphatic carbocycles. The fourth-order valence-electron chi connectivity index (χ4n) is 3.81. The van der Waals surface area contributed by atoms with Gasteiger partial charge in [-0.25, -0.2) is 29.5 Å². The smallest absolute Gasteiger partial charge is 0.224 e. The Morgan fingerprint density at radius 3 is 2.84 bits per heavy atom. The molecule has 6 rings (SSSR count). The van der Waals surface area contributed by atoms with Crippen molar-refractivity contribution in [1.29, 1.82) is 0 Å². The van der Waals surface area contributed by atoms with Crippen LogP contribution in [0.1, 0.15) is 12.2 Å². The molecule has 0 unspecified atom stereocenters. The van der Waals surface area contributed by atoms with Crippen LogP contribution in [0.5, 0.6) is 0 Å². The number of fused-ring (bicyclic) bond motifs is 2. The van der Waals surface area contributed by atoms with Crippen molar-refractivity contribution >= 4 is 40.1 Å². The lowest BCUT2D eigenvalue weighted by atomic mass is 10.2. The number of aromatic nitrogens is 7. The lowest BCUT2D eigenvalue weighted by Crippen LogP contribution is -2.13. The zero-order valence-corrected chi connectivity index (χ0v) is 17.2. The number of imidazole rings is 2. The Bertz CT molecular complexity index is 1440. The lowest BCUT2D eigenvalue weighted by molar-refractivity contribution is 0.883. The van der Waals surface area contributed by atoms with E-state index in [1.165, 1.54) is 0 Å². The standard InChI is InChI=1S/C21H19N11/c1-12-24-15(11-16(22)25-12)19-20(29-18-7-4-9-23-32(18)19)28-17-8-10-31(30-17)21-26-13-5-2-3-6-14(13)27-21/h2-7,9,11H,8,10H2,1H3,(H,26,27)(H,28,30)(H2,22,24,25). The Kier molecular flexibility index (Phi) is 4.00. The number of amidine groups is 1. The number of nitrogens with zero attached hydrogens (tertiary/aromatic N) is 8. The quantitative estimate of drug-likeness (QED) is 0.401. The number of nitrogens with one attached hydrogen (secondary N) is 2. The molecule has 11 nitrogen and oxygen atoms in total. The third-order valence-corrected chi connectivity index (χ3v) is 5.18. The fourth-order valence-corrected chi connectivity index (χ4v) is 3.81. The zero-order chi connectivity index (χ0) is 21.7. The van der Waals surface area contributed by atoms with Crippen molar-refractivity contribution in [2.75, 3.05) is 22.6 Å². The molecule has 1 aliphatic rings. The summed E-state index contributed by atoms with van der Waals surface area (Å²) >= 11 is 0. The monoisotopic (exact) mass is 425 g/mol. The highest BCUT2D eigenvalue weighted by Gasteiger charge is 2.23. The second kappa shape index (κ2) is 7.01. The molecule has 4 aromatic heterocycles.